The normalized spacial score (nSPS) is 16.1. The van der Waals surface area contributed by atoms with Gasteiger partial charge < -0.3 is 5.11 Å². The fourth-order valence-corrected chi connectivity index (χ4v) is 5.90. The van der Waals surface area contributed by atoms with Crippen LogP contribution in [0.25, 0.3) is 11.1 Å². The van der Waals surface area contributed by atoms with E-state index in [-0.39, 0.29) is 23.0 Å². The third-order valence-corrected chi connectivity index (χ3v) is 6.96. The summed E-state index contributed by atoms with van der Waals surface area (Å²) in [5.41, 5.74) is 0.0696. The number of aromatic nitrogens is 3. The molecule has 0 unspecified atom stereocenters. The number of nitrogens with zero attached hydrogens (tertiary/aromatic N) is 3. The highest BCUT2D eigenvalue weighted by atomic mass is 35.5. The lowest BCUT2D eigenvalue weighted by Gasteiger charge is -2.19. The fraction of sp³-hybridized carbons (Fsp3) is 0.188. The van der Waals surface area contributed by atoms with Crippen molar-refractivity contribution in [3.05, 3.63) is 54.1 Å². The summed E-state index contributed by atoms with van der Waals surface area (Å²) in [7, 11) is 1.65. The quantitative estimate of drug-likeness (QED) is 0.446. The molecule has 10 heteroatoms. The first kappa shape index (κ1) is 18.1. The molecule has 2 aromatic heterocycles. The van der Waals surface area contributed by atoms with Gasteiger partial charge in [0, 0.05) is 16.2 Å². The maximum atomic E-state index is 13.2. The van der Waals surface area contributed by atoms with Crippen LogP contribution < -0.4 is 15.2 Å². The van der Waals surface area contributed by atoms with Gasteiger partial charge in [-0.15, -0.1) is 11.3 Å². The number of thiazole rings is 1. The van der Waals surface area contributed by atoms with Gasteiger partial charge >= 0.3 is 10.7 Å². The van der Waals surface area contributed by atoms with Crippen molar-refractivity contribution in [3.63, 3.8) is 0 Å². The van der Waals surface area contributed by atoms with Crippen molar-refractivity contribution in [2.45, 2.75) is 11.2 Å². The molecule has 0 saturated carbocycles. The third-order valence-electron chi connectivity index (χ3n) is 4.10. The number of hydrogen-bond acceptors (Lipinski definition) is 5. The van der Waals surface area contributed by atoms with Crippen molar-refractivity contribution in [1.82, 2.24) is 9.55 Å². The van der Waals surface area contributed by atoms with Gasteiger partial charge in [-0.25, -0.2) is 14.3 Å². The molecule has 0 amide bonds. The topological polar surface area (TPSA) is 61.8 Å². The van der Waals surface area contributed by atoms with E-state index in [0.717, 1.165) is 4.88 Å². The first-order valence-electron chi connectivity index (χ1n) is 7.43. The van der Waals surface area contributed by atoms with Gasteiger partial charge in [0.15, 0.2) is 4.47 Å². The molecule has 0 radical (unpaired) electrons. The molecule has 0 fully saturated rings. The summed E-state index contributed by atoms with van der Waals surface area (Å²) in [6, 6.07) is 4.46. The van der Waals surface area contributed by atoms with Crippen molar-refractivity contribution in [3.8, 4) is 17.0 Å². The molecule has 0 aliphatic carbocycles. The Balaban J connectivity index is 1.98. The summed E-state index contributed by atoms with van der Waals surface area (Å²) in [6.07, 6.45) is 1.67. The molecule has 134 valence electrons. The Bertz CT molecular complexity index is 1080. The molecule has 0 bridgehead atoms. The Labute approximate surface area is 171 Å². The second kappa shape index (κ2) is 6.73. The lowest BCUT2D eigenvalue weighted by molar-refractivity contribution is -0.776. The fourth-order valence-electron chi connectivity index (χ4n) is 2.96. The van der Waals surface area contributed by atoms with Gasteiger partial charge in [0.05, 0.1) is 23.6 Å². The molecule has 1 aliphatic heterocycles. The number of benzene rings is 1. The molecule has 0 saturated heterocycles. The Morgan fingerprint density at radius 2 is 1.96 bits per heavy atom. The summed E-state index contributed by atoms with van der Waals surface area (Å²) in [5.74, 6) is 0.252. The molecule has 4 rings (SSSR count). The van der Waals surface area contributed by atoms with Gasteiger partial charge in [-0.3, -0.25) is 0 Å². The average molecular weight is 447 g/mol. The van der Waals surface area contributed by atoms with E-state index in [1.54, 1.807) is 36.0 Å². The number of thioether (sulfide) groups is 1. The minimum Gasteiger partial charge on any atom is -0.842 e. The van der Waals surface area contributed by atoms with E-state index >= 15 is 0 Å². The Morgan fingerprint density at radius 1 is 1.27 bits per heavy atom. The molecular formula is C16H10Cl3N3O2S2. The Hall–Kier alpha value is -1.25. The van der Waals surface area contributed by atoms with Crippen LogP contribution in [0.4, 0.5) is 0 Å². The van der Waals surface area contributed by atoms with Gasteiger partial charge in [-0.1, -0.05) is 34.8 Å². The molecule has 3 heterocycles. The molecule has 1 aromatic carbocycles. The zero-order valence-corrected chi connectivity index (χ0v) is 17.1. The molecule has 0 spiro atoms. The Kier molecular flexibility index (Phi) is 4.69. The highest BCUT2D eigenvalue weighted by Crippen LogP contribution is 2.37. The van der Waals surface area contributed by atoms with E-state index in [0.29, 0.717) is 31.0 Å². The molecule has 1 atom stereocenters. The van der Waals surface area contributed by atoms with Crippen molar-refractivity contribution < 1.29 is 9.67 Å². The molecular weight excluding hydrogens is 437 g/mol. The number of fused-ring (bicyclic) bond motifs is 1. The molecule has 3 aromatic rings. The predicted molar refractivity (Wildman–Crippen MR) is 103 cm³/mol. The largest absolute Gasteiger partial charge is 0.842 e. The Morgan fingerprint density at radius 3 is 2.58 bits per heavy atom. The van der Waals surface area contributed by atoms with E-state index < -0.39 is 0 Å². The SMILES string of the molecule is Cn1c2[n+](c([O-])c(-c3cc(Cl)cc(Cl)c3)c1=O)[C@@H](c1cnc(Cl)s1)CS2. The van der Waals surface area contributed by atoms with Crippen LogP contribution in [-0.2, 0) is 7.05 Å². The van der Waals surface area contributed by atoms with Crippen LogP contribution in [0.3, 0.4) is 0 Å². The lowest BCUT2D eigenvalue weighted by atomic mass is 10.1. The molecule has 1 aliphatic rings. The van der Waals surface area contributed by atoms with E-state index in [9.17, 15) is 9.90 Å². The lowest BCUT2D eigenvalue weighted by Crippen LogP contribution is -2.47. The van der Waals surface area contributed by atoms with Crippen molar-refractivity contribution in [1.29, 1.82) is 0 Å². The maximum absolute atomic E-state index is 13.2. The van der Waals surface area contributed by atoms with Gasteiger partial charge in [0.25, 0.3) is 0 Å². The van der Waals surface area contributed by atoms with Crippen LogP contribution in [0.1, 0.15) is 10.9 Å². The van der Waals surface area contributed by atoms with Gasteiger partial charge in [-0.05, 0) is 35.5 Å². The van der Waals surface area contributed by atoms with Crippen molar-refractivity contribution in [2.24, 2.45) is 7.05 Å². The van der Waals surface area contributed by atoms with Crippen LogP contribution >= 0.6 is 57.9 Å². The standard InChI is InChI=1S/C16H10Cl3N3O2S2/c1-21-13(23)12(7-2-8(17)4-9(18)3-7)14(24)22-10(6-25-16(21)22)11-5-20-15(19)26-11/h2-5,10H,6H2,1H3/t10-/m1/s1. The summed E-state index contributed by atoms with van der Waals surface area (Å²) >= 11 is 20.9. The van der Waals surface area contributed by atoms with Gasteiger partial charge in [0.1, 0.15) is 11.6 Å². The monoisotopic (exact) mass is 445 g/mol. The second-order valence-electron chi connectivity index (χ2n) is 5.70. The number of rotatable bonds is 2. The summed E-state index contributed by atoms with van der Waals surface area (Å²) in [4.78, 5) is 17.8. The average Bonchev–Trinajstić information content (AvgIpc) is 3.18. The van der Waals surface area contributed by atoms with E-state index in [1.807, 2.05) is 0 Å². The van der Waals surface area contributed by atoms with E-state index in [4.69, 9.17) is 34.8 Å². The summed E-state index contributed by atoms with van der Waals surface area (Å²) < 4.78 is 3.52. The minimum atomic E-state index is -0.380. The van der Waals surface area contributed by atoms with Crippen molar-refractivity contribution >= 4 is 57.9 Å². The summed E-state index contributed by atoms with van der Waals surface area (Å²) in [6.45, 7) is 0. The van der Waals surface area contributed by atoms with Crippen LogP contribution in [0.15, 0.2) is 34.3 Å². The minimum absolute atomic E-state index is 0.0452. The van der Waals surface area contributed by atoms with Gasteiger partial charge in [-0.2, -0.15) is 4.57 Å². The third kappa shape index (κ3) is 2.92. The number of hydrogen-bond donors (Lipinski definition) is 0. The zero-order chi connectivity index (χ0) is 18.6. The maximum Gasteiger partial charge on any atom is 0.345 e. The number of halogens is 3. The zero-order valence-electron chi connectivity index (χ0n) is 13.2. The smallest absolute Gasteiger partial charge is 0.345 e. The predicted octanol–water partition coefficient (Wildman–Crippen LogP) is 3.53. The first-order valence-corrected chi connectivity index (χ1v) is 10.4. The van der Waals surface area contributed by atoms with Gasteiger partial charge in [0.2, 0.25) is 0 Å². The molecule has 5 nitrogen and oxygen atoms in total. The van der Waals surface area contributed by atoms with Crippen LogP contribution in [0.5, 0.6) is 5.88 Å². The van der Waals surface area contributed by atoms with Crippen molar-refractivity contribution in [2.75, 3.05) is 5.75 Å². The van der Waals surface area contributed by atoms with Crippen LogP contribution in [-0.4, -0.2) is 15.3 Å². The highest BCUT2D eigenvalue weighted by Gasteiger charge is 2.37. The summed E-state index contributed by atoms with van der Waals surface area (Å²) in [5, 5.41) is 14.6. The first-order chi connectivity index (χ1) is 12.4. The molecule has 26 heavy (non-hydrogen) atoms. The van der Waals surface area contributed by atoms with E-state index in [1.165, 1.54) is 27.7 Å². The second-order valence-corrected chi connectivity index (χ2v) is 9.20. The molecule has 0 N–H and O–H groups in total. The van der Waals surface area contributed by atoms with Crippen LogP contribution in [0, 0.1) is 0 Å². The van der Waals surface area contributed by atoms with Crippen LogP contribution in [0.2, 0.25) is 14.5 Å². The van der Waals surface area contributed by atoms with E-state index in [2.05, 4.69) is 4.98 Å². The highest BCUT2D eigenvalue weighted by molar-refractivity contribution is 7.99.